The molecule has 1 fully saturated rings. The Bertz CT molecular complexity index is 315. The Morgan fingerprint density at radius 2 is 1.67 bits per heavy atom. The molecule has 0 saturated heterocycles. The van der Waals surface area contributed by atoms with E-state index in [2.05, 4.69) is 49.5 Å². The molecule has 0 atom stereocenters. The van der Waals surface area contributed by atoms with E-state index >= 15 is 0 Å². The van der Waals surface area contributed by atoms with Crippen LogP contribution in [0, 0.1) is 11.8 Å². The standard InChI is InChI=1S/C16H25N.ClH/c1-13(2)15-8-10-16(11-9-15)17-12-14-6-4-3-5-7-14;/h3-7,13,15-17H,8-12H2,1-2H3;1H/t15-,16+;. The van der Waals surface area contributed by atoms with Crippen LogP contribution in [-0.2, 0) is 6.54 Å². The summed E-state index contributed by atoms with van der Waals surface area (Å²) < 4.78 is 0. The lowest BCUT2D eigenvalue weighted by Gasteiger charge is -2.31. The van der Waals surface area contributed by atoms with E-state index in [9.17, 15) is 0 Å². The maximum atomic E-state index is 3.70. The van der Waals surface area contributed by atoms with Gasteiger partial charge < -0.3 is 5.32 Å². The molecule has 0 amide bonds. The molecule has 1 aromatic carbocycles. The molecule has 1 N–H and O–H groups in total. The molecule has 1 saturated carbocycles. The minimum Gasteiger partial charge on any atom is -0.310 e. The first-order valence-electron chi connectivity index (χ1n) is 7.03. The fourth-order valence-corrected chi connectivity index (χ4v) is 2.85. The Morgan fingerprint density at radius 1 is 1.06 bits per heavy atom. The van der Waals surface area contributed by atoms with Crippen molar-refractivity contribution in [2.24, 2.45) is 11.8 Å². The van der Waals surface area contributed by atoms with Gasteiger partial charge in [-0.15, -0.1) is 12.4 Å². The second kappa shape index (κ2) is 7.81. The Balaban J connectivity index is 0.00000162. The summed E-state index contributed by atoms with van der Waals surface area (Å²) in [6, 6.07) is 11.5. The molecular weight excluding hydrogens is 242 g/mol. The Kier molecular flexibility index (Phi) is 6.73. The third-order valence-electron chi connectivity index (χ3n) is 4.15. The molecule has 0 aromatic heterocycles. The zero-order valence-electron chi connectivity index (χ0n) is 11.6. The van der Waals surface area contributed by atoms with E-state index in [-0.39, 0.29) is 12.4 Å². The molecule has 102 valence electrons. The van der Waals surface area contributed by atoms with Gasteiger partial charge in [-0.2, -0.15) is 0 Å². The lowest BCUT2D eigenvalue weighted by Crippen LogP contribution is -2.33. The van der Waals surface area contributed by atoms with Crippen molar-refractivity contribution in [3.05, 3.63) is 35.9 Å². The highest BCUT2D eigenvalue weighted by molar-refractivity contribution is 5.85. The van der Waals surface area contributed by atoms with E-state index in [0.717, 1.165) is 24.4 Å². The summed E-state index contributed by atoms with van der Waals surface area (Å²) in [6.07, 6.45) is 5.53. The smallest absolute Gasteiger partial charge is 0.0208 e. The van der Waals surface area contributed by atoms with Gasteiger partial charge in [0.05, 0.1) is 0 Å². The average Bonchev–Trinajstić information content (AvgIpc) is 2.38. The van der Waals surface area contributed by atoms with Crippen LogP contribution in [0.2, 0.25) is 0 Å². The predicted molar refractivity (Wildman–Crippen MR) is 81.1 cm³/mol. The molecule has 18 heavy (non-hydrogen) atoms. The van der Waals surface area contributed by atoms with Crippen LogP contribution in [0.5, 0.6) is 0 Å². The van der Waals surface area contributed by atoms with Crippen LogP contribution in [0.25, 0.3) is 0 Å². The van der Waals surface area contributed by atoms with Gasteiger partial charge in [0.2, 0.25) is 0 Å². The van der Waals surface area contributed by atoms with Gasteiger partial charge in [-0.1, -0.05) is 44.2 Å². The van der Waals surface area contributed by atoms with Crippen molar-refractivity contribution in [3.63, 3.8) is 0 Å². The van der Waals surface area contributed by atoms with Gasteiger partial charge in [0.15, 0.2) is 0 Å². The topological polar surface area (TPSA) is 12.0 Å². The summed E-state index contributed by atoms with van der Waals surface area (Å²) in [5, 5.41) is 3.70. The van der Waals surface area contributed by atoms with Crippen molar-refractivity contribution in [1.29, 1.82) is 0 Å². The molecule has 0 heterocycles. The highest BCUT2D eigenvalue weighted by Crippen LogP contribution is 2.29. The number of nitrogens with one attached hydrogen (secondary N) is 1. The van der Waals surface area contributed by atoms with Crippen molar-refractivity contribution >= 4 is 12.4 Å². The fourth-order valence-electron chi connectivity index (χ4n) is 2.85. The summed E-state index contributed by atoms with van der Waals surface area (Å²) in [5.74, 6) is 1.83. The minimum atomic E-state index is 0. The largest absolute Gasteiger partial charge is 0.310 e. The number of rotatable bonds is 4. The van der Waals surface area contributed by atoms with Crippen LogP contribution in [0.1, 0.15) is 45.1 Å². The quantitative estimate of drug-likeness (QED) is 0.852. The van der Waals surface area contributed by atoms with E-state index < -0.39 is 0 Å². The second-order valence-corrected chi connectivity index (χ2v) is 5.72. The fraction of sp³-hybridized carbons (Fsp3) is 0.625. The van der Waals surface area contributed by atoms with Gasteiger partial charge in [-0.05, 0) is 43.1 Å². The van der Waals surface area contributed by atoms with Crippen LogP contribution in [-0.4, -0.2) is 6.04 Å². The lowest BCUT2D eigenvalue weighted by molar-refractivity contribution is 0.238. The van der Waals surface area contributed by atoms with Gasteiger partial charge in [-0.25, -0.2) is 0 Å². The second-order valence-electron chi connectivity index (χ2n) is 5.72. The van der Waals surface area contributed by atoms with Gasteiger partial charge in [0, 0.05) is 12.6 Å². The van der Waals surface area contributed by atoms with Crippen LogP contribution in [0.15, 0.2) is 30.3 Å². The molecule has 2 heteroatoms. The first-order valence-corrected chi connectivity index (χ1v) is 7.03. The Morgan fingerprint density at radius 3 is 2.22 bits per heavy atom. The Hall–Kier alpha value is -0.530. The lowest BCUT2D eigenvalue weighted by atomic mass is 9.80. The van der Waals surface area contributed by atoms with E-state index in [4.69, 9.17) is 0 Å². The van der Waals surface area contributed by atoms with Crippen molar-refractivity contribution < 1.29 is 0 Å². The molecule has 1 aliphatic carbocycles. The van der Waals surface area contributed by atoms with Crippen LogP contribution in [0.4, 0.5) is 0 Å². The molecule has 2 rings (SSSR count). The molecular formula is C16H26ClN. The number of halogens is 1. The monoisotopic (exact) mass is 267 g/mol. The van der Waals surface area contributed by atoms with Crippen LogP contribution >= 0.6 is 12.4 Å². The third-order valence-corrected chi connectivity index (χ3v) is 4.15. The molecule has 0 spiro atoms. The van der Waals surface area contributed by atoms with Crippen molar-refractivity contribution in [2.75, 3.05) is 0 Å². The summed E-state index contributed by atoms with van der Waals surface area (Å²) in [5.41, 5.74) is 1.40. The van der Waals surface area contributed by atoms with E-state index in [0.29, 0.717) is 0 Å². The summed E-state index contributed by atoms with van der Waals surface area (Å²) in [7, 11) is 0. The minimum absolute atomic E-state index is 0. The first-order chi connectivity index (χ1) is 8.25. The van der Waals surface area contributed by atoms with Crippen molar-refractivity contribution in [1.82, 2.24) is 5.32 Å². The zero-order chi connectivity index (χ0) is 12.1. The van der Waals surface area contributed by atoms with E-state index in [1.165, 1.54) is 31.2 Å². The third kappa shape index (κ3) is 4.62. The number of hydrogen-bond acceptors (Lipinski definition) is 1. The number of benzene rings is 1. The zero-order valence-corrected chi connectivity index (χ0v) is 12.4. The highest BCUT2D eigenvalue weighted by Gasteiger charge is 2.22. The predicted octanol–water partition coefficient (Wildman–Crippen LogP) is 4.41. The number of hydrogen-bond donors (Lipinski definition) is 1. The van der Waals surface area contributed by atoms with Crippen molar-refractivity contribution in [3.8, 4) is 0 Å². The average molecular weight is 268 g/mol. The maximum Gasteiger partial charge on any atom is 0.0208 e. The summed E-state index contributed by atoms with van der Waals surface area (Å²) >= 11 is 0. The molecule has 1 aliphatic rings. The molecule has 1 aromatic rings. The first kappa shape index (κ1) is 15.5. The van der Waals surface area contributed by atoms with Gasteiger partial charge in [0.1, 0.15) is 0 Å². The molecule has 0 bridgehead atoms. The molecule has 0 aliphatic heterocycles. The molecule has 0 unspecified atom stereocenters. The normalized spacial score (nSPS) is 23.7. The Labute approximate surface area is 118 Å². The molecule has 0 radical (unpaired) electrons. The van der Waals surface area contributed by atoms with Gasteiger partial charge >= 0.3 is 0 Å². The van der Waals surface area contributed by atoms with E-state index in [1.807, 2.05) is 0 Å². The maximum absolute atomic E-state index is 3.70. The van der Waals surface area contributed by atoms with Gasteiger partial charge in [0.25, 0.3) is 0 Å². The summed E-state index contributed by atoms with van der Waals surface area (Å²) in [4.78, 5) is 0. The van der Waals surface area contributed by atoms with E-state index in [1.54, 1.807) is 0 Å². The van der Waals surface area contributed by atoms with Crippen molar-refractivity contribution in [2.45, 2.75) is 52.1 Å². The SMILES string of the molecule is CC(C)[C@H]1CC[C@@H](NCc2ccccc2)CC1.Cl. The van der Waals surface area contributed by atoms with Crippen LogP contribution < -0.4 is 5.32 Å². The van der Waals surface area contributed by atoms with Crippen LogP contribution in [0.3, 0.4) is 0 Å². The highest BCUT2D eigenvalue weighted by atomic mass is 35.5. The molecule has 1 nitrogen and oxygen atoms in total. The summed E-state index contributed by atoms with van der Waals surface area (Å²) in [6.45, 7) is 5.75. The van der Waals surface area contributed by atoms with Gasteiger partial charge in [-0.3, -0.25) is 0 Å².